The van der Waals surface area contributed by atoms with Gasteiger partial charge in [-0.1, -0.05) is 17.7 Å². The monoisotopic (exact) mass is 423 g/mol. The van der Waals surface area contributed by atoms with Crippen molar-refractivity contribution in [2.45, 2.75) is 20.0 Å². The van der Waals surface area contributed by atoms with Crippen LogP contribution in [0.4, 0.5) is 10.1 Å². The summed E-state index contributed by atoms with van der Waals surface area (Å²) in [6, 6.07) is 12.2. The maximum atomic E-state index is 14.3. The predicted molar refractivity (Wildman–Crippen MR) is 111 cm³/mol. The zero-order valence-electron chi connectivity index (χ0n) is 16.1. The number of aromatic nitrogens is 4. The van der Waals surface area contributed by atoms with E-state index in [9.17, 15) is 9.18 Å². The van der Waals surface area contributed by atoms with Crippen LogP contribution in [0.25, 0.3) is 5.69 Å². The van der Waals surface area contributed by atoms with Gasteiger partial charge in [-0.3, -0.25) is 4.79 Å². The molecule has 30 heavy (non-hydrogen) atoms. The van der Waals surface area contributed by atoms with Crippen molar-refractivity contribution in [2.75, 3.05) is 5.32 Å². The molecule has 4 aromatic rings. The number of carbonyl (C=O) groups excluding carboxylic acids is 1. The van der Waals surface area contributed by atoms with Gasteiger partial charge in [-0.25, -0.2) is 19.0 Å². The van der Waals surface area contributed by atoms with Crippen molar-refractivity contribution in [3.05, 3.63) is 82.6 Å². The molecule has 0 saturated heterocycles. The number of carbonyl (C=O) groups is 1. The van der Waals surface area contributed by atoms with Gasteiger partial charge in [0, 0.05) is 11.1 Å². The van der Waals surface area contributed by atoms with Gasteiger partial charge in [-0.2, -0.15) is 5.10 Å². The fourth-order valence-corrected chi connectivity index (χ4v) is 3.45. The lowest BCUT2D eigenvalue weighted by Gasteiger charge is -2.07. The molecule has 7 nitrogen and oxygen atoms in total. The molecule has 0 fully saturated rings. The van der Waals surface area contributed by atoms with Crippen LogP contribution in [0.5, 0.6) is 5.75 Å². The summed E-state index contributed by atoms with van der Waals surface area (Å²) in [6.07, 6.45) is 2.82. The van der Waals surface area contributed by atoms with Crippen molar-refractivity contribution in [3.8, 4) is 11.4 Å². The largest absolute Gasteiger partial charge is 0.486 e. The minimum atomic E-state index is -0.512. The second kappa shape index (κ2) is 8.83. The van der Waals surface area contributed by atoms with E-state index in [1.165, 1.54) is 40.8 Å². The standard InChI is InChI=1S/C21H18FN5O2S/c1-14-2-5-17(6-3-14)29-10-21-26-16(11-30-21)9-20(28)25-15-4-7-19(18(22)8-15)27-13-23-12-24-27/h2-8,11-13H,9-10H2,1H3,(H,25,28). The Hall–Kier alpha value is -3.59. The third-order valence-electron chi connectivity index (χ3n) is 4.22. The molecule has 0 unspecified atom stereocenters. The van der Waals surface area contributed by atoms with Gasteiger partial charge in [0.25, 0.3) is 0 Å². The molecule has 0 bridgehead atoms. The summed E-state index contributed by atoms with van der Waals surface area (Å²) in [4.78, 5) is 20.5. The number of amides is 1. The van der Waals surface area contributed by atoms with Crippen LogP contribution < -0.4 is 10.1 Å². The first-order valence-corrected chi connectivity index (χ1v) is 10.0. The third-order valence-corrected chi connectivity index (χ3v) is 5.09. The molecule has 152 valence electrons. The van der Waals surface area contributed by atoms with Gasteiger partial charge in [0.15, 0.2) is 5.82 Å². The molecule has 0 saturated carbocycles. The maximum absolute atomic E-state index is 14.3. The summed E-state index contributed by atoms with van der Waals surface area (Å²) in [5, 5.41) is 9.18. The Morgan fingerprint density at radius 3 is 2.80 bits per heavy atom. The van der Waals surface area contributed by atoms with Gasteiger partial charge in [0.05, 0.1) is 12.1 Å². The number of nitrogens with zero attached hydrogens (tertiary/aromatic N) is 4. The lowest BCUT2D eigenvalue weighted by Crippen LogP contribution is -2.15. The number of thiazole rings is 1. The first-order chi connectivity index (χ1) is 14.6. The minimum Gasteiger partial charge on any atom is -0.486 e. The summed E-state index contributed by atoms with van der Waals surface area (Å²) in [5.41, 5.74) is 2.42. The first-order valence-electron chi connectivity index (χ1n) is 9.14. The molecular formula is C21H18FN5O2S. The molecule has 0 aliphatic rings. The van der Waals surface area contributed by atoms with Crippen LogP contribution in [-0.4, -0.2) is 25.7 Å². The van der Waals surface area contributed by atoms with Crippen LogP contribution in [0.2, 0.25) is 0 Å². The second-order valence-electron chi connectivity index (χ2n) is 6.57. The van der Waals surface area contributed by atoms with Crippen LogP contribution in [0.3, 0.4) is 0 Å². The lowest BCUT2D eigenvalue weighted by molar-refractivity contribution is -0.115. The fraction of sp³-hybridized carbons (Fsp3) is 0.143. The van der Waals surface area contributed by atoms with Crippen molar-refractivity contribution < 1.29 is 13.9 Å². The molecule has 2 aromatic carbocycles. The lowest BCUT2D eigenvalue weighted by atomic mass is 10.2. The molecule has 4 rings (SSSR count). The van der Waals surface area contributed by atoms with Gasteiger partial charge >= 0.3 is 0 Å². The number of anilines is 1. The zero-order chi connectivity index (χ0) is 20.9. The van der Waals surface area contributed by atoms with Crippen molar-refractivity contribution in [1.82, 2.24) is 19.7 Å². The molecule has 0 aliphatic heterocycles. The zero-order valence-corrected chi connectivity index (χ0v) is 16.9. The fourth-order valence-electron chi connectivity index (χ4n) is 2.75. The van der Waals surface area contributed by atoms with Gasteiger partial charge in [0.1, 0.15) is 35.7 Å². The van der Waals surface area contributed by atoms with Crippen LogP contribution >= 0.6 is 11.3 Å². The van der Waals surface area contributed by atoms with E-state index >= 15 is 0 Å². The Kier molecular flexibility index (Phi) is 5.80. The average Bonchev–Trinajstić information content (AvgIpc) is 3.40. The quantitative estimate of drug-likeness (QED) is 0.487. The number of ether oxygens (including phenoxy) is 1. The predicted octanol–water partition coefficient (Wildman–Crippen LogP) is 3.93. The second-order valence-corrected chi connectivity index (χ2v) is 7.51. The van der Waals surface area contributed by atoms with E-state index in [-0.39, 0.29) is 18.0 Å². The number of benzene rings is 2. The van der Waals surface area contributed by atoms with Crippen LogP contribution in [0.1, 0.15) is 16.3 Å². The van der Waals surface area contributed by atoms with Gasteiger partial charge in [-0.05, 0) is 37.3 Å². The average molecular weight is 423 g/mol. The topological polar surface area (TPSA) is 81.9 Å². The van der Waals surface area contributed by atoms with Crippen molar-refractivity contribution >= 4 is 22.9 Å². The van der Waals surface area contributed by atoms with Crippen LogP contribution in [0, 0.1) is 12.7 Å². The first kappa shape index (κ1) is 19.7. The van der Waals surface area contributed by atoms with Crippen LogP contribution in [-0.2, 0) is 17.8 Å². The van der Waals surface area contributed by atoms with E-state index in [1.54, 1.807) is 6.07 Å². The minimum absolute atomic E-state index is 0.0908. The van der Waals surface area contributed by atoms with Crippen molar-refractivity contribution in [1.29, 1.82) is 0 Å². The summed E-state index contributed by atoms with van der Waals surface area (Å²) in [7, 11) is 0. The number of nitrogens with one attached hydrogen (secondary N) is 1. The van der Waals surface area contributed by atoms with Gasteiger partial charge in [-0.15, -0.1) is 11.3 Å². The Bertz CT molecular complexity index is 1140. The number of hydrogen-bond acceptors (Lipinski definition) is 6. The van der Waals surface area contributed by atoms with E-state index in [0.29, 0.717) is 18.0 Å². The van der Waals surface area contributed by atoms with E-state index in [4.69, 9.17) is 4.74 Å². The smallest absolute Gasteiger partial charge is 0.230 e. The highest BCUT2D eigenvalue weighted by Gasteiger charge is 2.11. The molecule has 0 radical (unpaired) electrons. The van der Waals surface area contributed by atoms with E-state index < -0.39 is 5.82 Å². The highest BCUT2D eigenvalue weighted by atomic mass is 32.1. The molecule has 0 spiro atoms. The maximum Gasteiger partial charge on any atom is 0.230 e. The molecule has 0 aliphatic carbocycles. The number of aryl methyl sites for hydroxylation is 1. The molecular weight excluding hydrogens is 405 g/mol. The summed E-state index contributed by atoms with van der Waals surface area (Å²) < 4.78 is 21.3. The molecule has 2 heterocycles. The van der Waals surface area contributed by atoms with Gasteiger partial charge in [0.2, 0.25) is 5.91 Å². The Balaban J connectivity index is 1.32. The number of halogens is 1. The number of rotatable bonds is 7. The Morgan fingerprint density at radius 1 is 1.23 bits per heavy atom. The normalized spacial score (nSPS) is 10.7. The SMILES string of the molecule is Cc1ccc(OCc2nc(CC(=O)Nc3ccc(-n4cncn4)c(F)c3)cs2)cc1. The summed E-state index contributed by atoms with van der Waals surface area (Å²) >= 11 is 1.43. The third kappa shape index (κ3) is 4.87. The molecule has 1 amide bonds. The highest BCUT2D eigenvalue weighted by Crippen LogP contribution is 2.19. The number of hydrogen-bond donors (Lipinski definition) is 1. The summed E-state index contributed by atoms with van der Waals surface area (Å²) in [5.74, 6) is -0.0202. The van der Waals surface area contributed by atoms with Crippen LogP contribution in [0.15, 0.2) is 60.5 Å². The molecule has 2 aromatic heterocycles. The Morgan fingerprint density at radius 2 is 2.07 bits per heavy atom. The van der Waals surface area contributed by atoms with E-state index in [2.05, 4.69) is 20.4 Å². The molecule has 1 N–H and O–H groups in total. The van der Waals surface area contributed by atoms with E-state index in [0.717, 1.165) is 16.3 Å². The van der Waals surface area contributed by atoms with E-state index in [1.807, 2.05) is 36.6 Å². The van der Waals surface area contributed by atoms with Gasteiger partial charge < -0.3 is 10.1 Å². The highest BCUT2D eigenvalue weighted by molar-refractivity contribution is 7.09. The van der Waals surface area contributed by atoms with Crippen molar-refractivity contribution in [3.63, 3.8) is 0 Å². The molecule has 9 heteroatoms. The Labute approximate surface area is 176 Å². The van der Waals surface area contributed by atoms with Crippen molar-refractivity contribution in [2.24, 2.45) is 0 Å². The molecule has 0 atom stereocenters. The summed E-state index contributed by atoms with van der Waals surface area (Å²) in [6.45, 7) is 2.35.